The second-order valence-corrected chi connectivity index (χ2v) is 6.18. The number of carbonyl (C=O) groups excluding carboxylic acids is 1. The third-order valence-corrected chi connectivity index (χ3v) is 3.95. The summed E-state index contributed by atoms with van der Waals surface area (Å²) in [6.45, 7) is 10.5. The van der Waals surface area contributed by atoms with Crippen LogP contribution in [0.25, 0.3) is 0 Å². The summed E-state index contributed by atoms with van der Waals surface area (Å²) < 4.78 is 0. The van der Waals surface area contributed by atoms with Gasteiger partial charge in [0.05, 0.1) is 11.0 Å². The second kappa shape index (κ2) is 8.54. The fourth-order valence-electron chi connectivity index (χ4n) is 2.56. The lowest BCUT2D eigenvalue weighted by Gasteiger charge is -2.37. The Hall–Kier alpha value is -0.720. The SMILES string of the molecule is CCCC(C)NC(=O)C(C)N1CCN(CC(N)=S)CC1. The van der Waals surface area contributed by atoms with Gasteiger partial charge in [-0.1, -0.05) is 25.6 Å². The largest absolute Gasteiger partial charge is 0.392 e. The van der Waals surface area contributed by atoms with Crippen molar-refractivity contribution in [2.75, 3.05) is 32.7 Å². The van der Waals surface area contributed by atoms with Crippen molar-refractivity contribution >= 4 is 23.1 Å². The molecule has 1 aliphatic heterocycles. The van der Waals surface area contributed by atoms with Crippen LogP contribution in [0.2, 0.25) is 0 Å². The lowest BCUT2D eigenvalue weighted by molar-refractivity contribution is -0.127. The summed E-state index contributed by atoms with van der Waals surface area (Å²) in [5, 5.41) is 3.09. The van der Waals surface area contributed by atoms with Crippen LogP contribution in [-0.4, -0.2) is 65.5 Å². The van der Waals surface area contributed by atoms with Gasteiger partial charge >= 0.3 is 0 Å². The monoisotopic (exact) mass is 300 g/mol. The molecule has 1 saturated heterocycles. The Morgan fingerprint density at radius 2 is 1.90 bits per heavy atom. The van der Waals surface area contributed by atoms with Gasteiger partial charge in [0.15, 0.2) is 0 Å². The molecule has 2 atom stereocenters. The van der Waals surface area contributed by atoms with Gasteiger partial charge in [0.1, 0.15) is 0 Å². The van der Waals surface area contributed by atoms with Gasteiger partial charge in [-0.15, -0.1) is 0 Å². The van der Waals surface area contributed by atoms with Crippen LogP contribution in [0, 0.1) is 0 Å². The predicted molar refractivity (Wildman–Crippen MR) is 86.8 cm³/mol. The highest BCUT2D eigenvalue weighted by molar-refractivity contribution is 7.80. The maximum atomic E-state index is 12.2. The van der Waals surface area contributed by atoms with Crippen LogP contribution < -0.4 is 11.1 Å². The number of amides is 1. The zero-order valence-electron chi connectivity index (χ0n) is 12.9. The lowest BCUT2D eigenvalue weighted by Crippen LogP contribution is -2.55. The minimum atomic E-state index is -0.0683. The number of carbonyl (C=O) groups is 1. The Bertz CT molecular complexity index is 329. The highest BCUT2D eigenvalue weighted by Gasteiger charge is 2.26. The molecule has 2 unspecified atom stereocenters. The van der Waals surface area contributed by atoms with Gasteiger partial charge in [0.25, 0.3) is 0 Å². The molecule has 20 heavy (non-hydrogen) atoms. The van der Waals surface area contributed by atoms with Crippen molar-refractivity contribution in [3.8, 4) is 0 Å². The molecular weight excluding hydrogens is 272 g/mol. The first-order chi connectivity index (χ1) is 9.43. The number of hydrogen-bond donors (Lipinski definition) is 2. The van der Waals surface area contributed by atoms with E-state index < -0.39 is 0 Å². The van der Waals surface area contributed by atoms with E-state index in [1.165, 1.54) is 0 Å². The highest BCUT2D eigenvalue weighted by Crippen LogP contribution is 2.07. The molecule has 0 aromatic heterocycles. The minimum absolute atomic E-state index is 0.0683. The summed E-state index contributed by atoms with van der Waals surface area (Å²) in [4.78, 5) is 17.2. The standard InChI is InChI=1S/C14H28N4OS/c1-4-5-11(2)16-14(19)12(3)18-8-6-17(7-9-18)10-13(15)20/h11-12H,4-10H2,1-3H3,(H2,15,20)(H,16,19). The van der Waals surface area contributed by atoms with Crippen LogP contribution in [0.1, 0.15) is 33.6 Å². The number of nitrogens with one attached hydrogen (secondary N) is 1. The Morgan fingerprint density at radius 1 is 1.30 bits per heavy atom. The van der Waals surface area contributed by atoms with E-state index >= 15 is 0 Å². The first-order valence-corrected chi connectivity index (χ1v) is 7.90. The van der Waals surface area contributed by atoms with Crippen molar-refractivity contribution in [3.05, 3.63) is 0 Å². The molecule has 0 saturated carbocycles. The molecular formula is C14H28N4OS. The summed E-state index contributed by atoms with van der Waals surface area (Å²) in [5.74, 6) is 0.133. The fraction of sp³-hybridized carbons (Fsp3) is 0.857. The molecule has 6 heteroatoms. The number of nitrogens with two attached hydrogens (primary N) is 1. The second-order valence-electron chi connectivity index (χ2n) is 5.65. The van der Waals surface area contributed by atoms with Crippen molar-refractivity contribution in [2.24, 2.45) is 5.73 Å². The average Bonchev–Trinajstić information content (AvgIpc) is 2.38. The number of hydrogen-bond acceptors (Lipinski definition) is 4. The summed E-state index contributed by atoms with van der Waals surface area (Å²) in [5.41, 5.74) is 5.56. The Morgan fingerprint density at radius 3 is 2.40 bits per heavy atom. The quantitative estimate of drug-likeness (QED) is 0.674. The van der Waals surface area contributed by atoms with Crippen LogP contribution in [0.5, 0.6) is 0 Å². The van der Waals surface area contributed by atoms with Crippen LogP contribution in [-0.2, 0) is 4.79 Å². The summed E-state index contributed by atoms with van der Waals surface area (Å²) in [7, 11) is 0. The predicted octanol–water partition coefficient (Wildman–Crippen LogP) is 0.583. The van der Waals surface area contributed by atoms with E-state index in [9.17, 15) is 4.79 Å². The van der Waals surface area contributed by atoms with Gasteiger partial charge in [0, 0.05) is 38.8 Å². The Balaban J connectivity index is 2.36. The maximum absolute atomic E-state index is 12.2. The molecule has 5 nitrogen and oxygen atoms in total. The topological polar surface area (TPSA) is 61.6 Å². The molecule has 0 radical (unpaired) electrons. The van der Waals surface area contributed by atoms with Crippen molar-refractivity contribution in [2.45, 2.75) is 45.7 Å². The zero-order chi connectivity index (χ0) is 15.1. The van der Waals surface area contributed by atoms with Crippen molar-refractivity contribution in [1.82, 2.24) is 15.1 Å². The van der Waals surface area contributed by atoms with Gasteiger partial charge in [-0.25, -0.2) is 0 Å². The number of nitrogens with zero attached hydrogens (tertiary/aromatic N) is 2. The fourth-order valence-corrected chi connectivity index (χ4v) is 2.75. The summed E-state index contributed by atoms with van der Waals surface area (Å²) in [6, 6.07) is 0.187. The molecule has 3 N–H and O–H groups in total. The first-order valence-electron chi connectivity index (χ1n) is 7.49. The van der Waals surface area contributed by atoms with Crippen molar-refractivity contribution in [3.63, 3.8) is 0 Å². The van der Waals surface area contributed by atoms with Gasteiger partial charge in [-0.3, -0.25) is 14.6 Å². The molecule has 0 aromatic carbocycles. The molecule has 0 bridgehead atoms. The smallest absolute Gasteiger partial charge is 0.237 e. The third-order valence-electron chi connectivity index (χ3n) is 3.82. The number of rotatable bonds is 7. The van der Waals surface area contributed by atoms with Crippen LogP contribution in [0.15, 0.2) is 0 Å². The van der Waals surface area contributed by atoms with E-state index in [0.29, 0.717) is 11.5 Å². The molecule has 1 aliphatic rings. The summed E-state index contributed by atoms with van der Waals surface area (Å²) in [6.07, 6.45) is 2.12. The van der Waals surface area contributed by atoms with Gasteiger partial charge < -0.3 is 11.1 Å². The molecule has 1 heterocycles. The van der Waals surface area contributed by atoms with E-state index in [1.54, 1.807) is 0 Å². The number of piperazine rings is 1. The molecule has 1 fully saturated rings. The average molecular weight is 300 g/mol. The van der Waals surface area contributed by atoms with E-state index in [1.807, 2.05) is 6.92 Å². The maximum Gasteiger partial charge on any atom is 0.237 e. The van der Waals surface area contributed by atoms with Crippen molar-refractivity contribution < 1.29 is 4.79 Å². The summed E-state index contributed by atoms with van der Waals surface area (Å²) >= 11 is 4.93. The minimum Gasteiger partial charge on any atom is -0.392 e. The number of thiocarbonyl (C=S) groups is 1. The van der Waals surface area contributed by atoms with Crippen molar-refractivity contribution in [1.29, 1.82) is 0 Å². The van der Waals surface area contributed by atoms with Crippen LogP contribution >= 0.6 is 12.2 Å². The van der Waals surface area contributed by atoms with Gasteiger partial charge in [-0.2, -0.15) is 0 Å². The van der Waals surface area contributed by atoms with E-state index in [4.69, 9.17) is 18.0 Å². The lowest BCUT2D eigenvalue weighted by atomic mass is 10.1. The molecule has 1 amide bonds. The van der Waals surface area contributed by atoms with E-state index in [2.05, 4.69) is 29.0 Å². The Kier molecular flexibility index (Phi) is 7.40. The zero-order valence-corrected chi connectivity index (χ0v) is 13.7. The first kappa shape index (κ1) is 17.3. The molecule has 0 spiro atoms. The van der Waals surface area contributed by atoms with Crippen LogP contribution in [0.4, 0.5) is 0 Å². The highest BCUT2D eigenvalue weighted by atomic mass is 32.1. The Labute approximate surface area is 127 Å². The van der Waals surface area contributed by atoms with E-state index in [-0.39, 0.29) is 18.0 Å². The molecule has 1 rings (SSSR count). The molecule has 116 valence electrons. The molecule has 0 aliphatic carbocycles. The van der Waals surface area contributed by atoms with Gasteiger partial charge in [-0.05, 0) is 20.3 Å². The third kappa shape index (κ3) is 5.73. The normalized spacial score (nSPS) is 20.4. The van der Waals surface area contributed by atoms with E-state index in [0.717, 1.165) is 39.0 Å². The van der Waals surface area contributed by atoms with Gasteiger partial charge in [0.2, 0.25) is 5.91 Å². The molecule has 0 aromatic rings. The van der Waals surface area contributed by atoms with Crippen LogP contribution in [0.3, 0.4) is 0 Å².